The smallest absolute Gasteiger partial charge is 0.255 e. The number of halogens is 1. The maximum absolute atomic E-state index is 13.1. The van der Waals surface area contributed by atoms with Crippen LogP contribution in [-0.2, 0) is 6.54 Å². The Hall–Kier alpha value is -1.72. The van der Waals surface area contributed by atoms with E-state index in [0.717, 1.165) is 30.9 Å². The predicted octanol–water partition coefficient (Wildman–Crippen LogP) is 3.93. The minimum atomic E-state index is -0.639. The number of anilines is 1. The minimum absolute atomic E-state index is 0.0943. The molecule has 116 valence electrons. The zero-order valence-corrected chi connectivity index (χ0v) is 13.1. The Balaban J connectivity index is 1.57. The molecule has 1 amide bonds. The predicted molar refractivity (Wildman–Crippen MR) is 88.1 cm³/mol. The summed E-state index contributed by atoms with van der Waals surface area (Å²) in [5.41, 5.74) is 2.63. The van der Waals surface area contributed by atoms with Crippen LogP contribution in [0.1, 0.15) is 28.8 Å². The fourth-order valence-electron chi connectivity index (χ4n) is 2.62. The van der Waals surface area contributed by atoms with E-state index in [1.54, 1.807) is 11.3 Å². The summed E-state index contributed by atoms with van der Waals surface area (Å²) in [5, 5.41) is 6.70. The number of nitrogens with one attached hydrogen (secondary N) is 1. The van der Waals surface area contributed by atoms with Crippen molar-refractivity contribution in [3.63, 3.8) is 0 Å². The largest absolute Gasteiger partial charge is 0.321 e. The van der Waals surface area contributed by atoms with E-state index in [2.05, 4.69) is 10.2 Å². The van der Waals surface area contributed by atoms with Crippen molar-refractivity contribution in [1.29, 1.82) is 0 Å². The highest BCUT2D eigenvalue weighted by Crippen LogP contribution is 2.17. The first-order valence-electron chi connectivity index (χ1n) is 7.49. The fourth-order valence-corrected chi connectivity index (χ4v) is 3.21. The Morgan fingerprint density at radius 2 is 1.95 bits per heavy atom. The van der Waals surface area contributed by atoms with Crippen LogP contribution in [0.3, 0.4) is 0 Å². The van der Waals surface area contributed by atoms with Gasteiger partial charge in [-0.3, -0.25) is 9.69 Å². The summed E-state index contributed by atoms with van der Waals surface area (Å²) in [6.45, 7) is 2.43. The molecule has 1 saturated heterocycles. The van der Waals surface area contributed by atoms with Crippen molar-refractivity contribution in [3.8, 4) is 0 Å². The van der Waals surface area contributed by atoms with Crippen molar-refractivity contribution >= 4 is 22.9 Å². The summed E-state index contributed by atoms with van der Waals surface area (Å²) in [4.78, 5) is 14.4. The Kier molecular flexibility index (Phi) is 4.85. The quantitative estimate of drug-likeness (QED) is 0.926. The van der Waals surface area contributed by atoms with Gasteiger partial charge in [-0.1, -0.05) is 12.1 Å². The van der Waals surface area contributed by atoms with Crippen LogP contribution in [0.2, 0.25) is 0 Å². The highest BCUT2D eigenvalue weighted by atomic mass is 32.1. The molecule has 1 aromatic carbocycles. The lowest BCUT2D eigenvalue weighted by molar-refractivity contribution is 0.102. The SMILES string of the molecule is O=C(Nc1ccsc1)c1ccc(CN2CCC(F)CC2)cc1. The Morgan fingerprint density at radius 1 is 1.23 bits per heavy atom. The first kappa shape index (κ1) is 15.2. The number of hydrogen-bond donors (Lipinski definition) is 1. The number of piperidine rings is 1. The van der Waals surface area contributed by atoms with E-state index in [1.165, 1.54) is 0 Å². The van der Waals surface area contributed by atoms with Crippen molar-refractivity contribution < 1.29 is 9.18 Å². The van der Waals surface area contributed by atoms with E-state index >= 15 is 0 Å². The van der Waals surface area contributed by atoms with Gasteiger partial charge in [-0.25, -0.2) is 4.39 Å². The van der Waals surface area contributed by atoms with Gasteiger partial charge >= 0.3 is 0 Å². The molecule has 0 bridgehead atoms. The highest BCUT2D eigenvalue weighted by Gasteiger charge is 2.18. The Labute approximate surface area is 133 Å². The van der Waals surface area contributed by atoms with Crippen LogP contribution in [-0.4, -0.2) is 30.1 Å². The molecule has 0 aliphatic carbocycles. The molecule has 3 rings (SSSR count). The van der Waals surface area contributed by atoms with Gasteiger partial charge in [-0.2, -0.15) is 11.3 Å². The molecular formula is C17H19FN2OS. The van der Waals surface area contributed by atoms with Crippen LogP contribution < -0.4 is 5.32 Å². The van der Waals surface area contributed by atoms with E-state index in [9.17, 15) is 9.18 Å². The van der Waals surface area contributed by atoms with Gasteiger partial charge in [0.05, 0.1) is 5.69 Å². The molecule has 0 saturated carbocycles. The summed E-state index contributed by atoms with van der Waals surface area (Å²) in [6.07, 6.45) is 0.613. The lowest BCUT2D eigenvalue weighted by Crippen LogP contribution is -2.33. The molecule has 0 radical (unpaired) electrons. The van der Waals surface area contributed by atoms with E-state index < -0.39 is 6.17 Å². The first-order chi connectivity index (χ1) is 10.7. The first-order valence-corrected chi connectivity index (χ1v) is 8.44. The standard InChI is InChI=1S/C17H19FN2OS/c18-15-5-8-20(9-6-15)11-13-1-3-14(4-2-13)17(21)19-16-7-10-22-12-16/h1-4,7,10,12,15H,5-6,8-9,11H2,(H,19,21). The van der Waals surface area contributed by atoms with E-state index in [4.69, 9.17) is 0 Å². The van der Waals surface area contributed by atoms with Crippen LogP contribution >= 0.6 is 11.3 Å². The third-order valence-electron chi connectivity index (χ3n) is 3.92. The molecule has 2 aromatic rings. The molecular weight excluding hydrogens is 299 g/mol. The summed E-state index contributed by atoms with van der Waals surface area (Å²) in [7, 11) is 0. The van der Waals surface area contributed by atoms with Crippen LogP contribution in [0.15, 0.2) is 41.1 Å². The molecule has 5 heteroatoms. The van der Waals surface area contributed by atoms with Gasteiger partial charge in [0.25, 0.3) is 5.91 Å². The molecule has 1 fully saturated rings. The number of rotatable bonds is 4. The van der Waals surface area contributed by atoms with Gasteiger partial charge in [0.15, 0.2) is 0 Å². The molecule has 2 heterocycles. The van der Waals surface area contributed by atoms with Crippen LogP contribution in [0.25, 0.3) is 0 Å². The third kappa shape index (κ3) is 3.93. The maximum atomic E-state index is 13.1. The number of carbonyl (C=O) groups is 1. The molecule has 1 aromatic heterocycles. The highest BCUT2D eigenvalue weighted by molar-refractivity contribution is 7.08. The van der Waals surface area contributed by atoms with Gasteiger partial charge in [0.1, 0.15) is 6.17 Å². The second-order valence-electron chi connectivity index (χ2n) is 5.61. The molecule has 22 heavy (non-hydrogen) atoms. The van der Waals surface area contributed by atoms with E-state index in [1.807, 2.05) is 41.1 Å². The minimum Gasteiger partial charge on any atom is -0.321 e. The number of alkyl halides is 1. The topological polar surface area (TPSA) is 32.3 Å². The Bertz CT molecular complexity index is 604. The molecule has 1 aliphatic heterocycles. The molecule has 0 spiro atoms. The van der Waals surface area contributed by atoms with Crippen molar-refractivity contribution in [3.05, 3.63) is 52.2 Å². The van der Waals surface area contributed by atoms with Crippen molar-refractivity contribution in [2.24, 2.45) is 0 Å². The zero-order chi connectivity index (χ0) is 15.4. The van der Waals surface area contributed by atoms with Crippen LogP contribution in [0, 0.1) is 0 Å². The van der Waals surface area contributed by atoms with Gasteiger partial charge in [0, 0.05) is 30.6 Å². The average molecular weight is 318 g/mol. The van der Waals surface area contributed by atoms with Crippen molar-refractivity contribution in [2.75, 3.05) is 18.4 Å². The third-order valence-corrected chi connectivity index (χ3v) is 4.60. The summed E-state index contributed by atoms with van der Waals surface area (Å²) >= 11 is 1.55. The number of thiophene rings is 1. The average Bonchev–Trinajstić information content (AvgIpc) is 3.03. The molecule has 0 unspecified atom stereocenters. The molecule has 1 aliphatic rings. The lowest BCUT2D eigenvalue weighted by Gasteiger charge is -2.28. The summed E-state index contributed by atoms with van der Waals surface area (Å²) in [5.74, 6) is -0.0943. The number of hydrogen-bond acceptors (Lipinski definition) is 3. The number of benzene rings is 1. The van der Waals surface area contributed by atoms with E-state index in [0.29, 0.717) is 18.4 Å². The normalized spacial score (nSPS) is 16.6. The van der Waals surface area contributed by atoms with Gasteiger partial charge in [0.2, 0.25) is 0 Å². The van der Waals surface area contributed by atoms with Crippen LogP contribution in [0.5, 0.6) is 0 Å². The van der Waals surface area contributed by atoms with Crippen LogP contribution in [0.4, 0.5) is 10.1 Å². The second kappa shape index (κ2) is 7.03. The van der Waals surface area contributed by atoms with Gasteiger partial charge < -0.3 is 5.32 Å². The fraction of sp³-hybridized carbons (Fsp3) is 0.353. The monoisotopic (exact) mass is 318 g/mol. The molecule has 3 nitrogen and oxygen atoms in total. The number of carbonyl (C=O) groups excluding carboxylic acids is 1. The summed E-state index contributed by atoms with van der Waals surface area (Å²) in [6, 6.07) is 9.53. The van der Waals surface area contributed by atoms with Crippen molar-refractivity contribution in [1.82, 2.24) is 4.90 Å². The molecule has 0 atom stereocenters. The lowest BCUT2D eigenvalue weighted by atomic mass is 10.1. The second-order valence-corrected chi connectivity index (χ2v) is 6.39. The summed E-state index contributed by atoms with van der Waals surface area (Å²) < 4.78 is 13.1. The van der Waals surface area contributed by atoms with Gasteiger partial charge in [-0.05, 0) is 42.0 Å². The molecule has 1 N–H and O–H groups in total. The van der Waals surface area contributed by atoms with Gasteiger partial charge in [-0.15, -0.1) is 0 Å². The Morgan fingerprint density at radius 3 is 2.59 bits per heavy atom. The van der Waals surface area contributed by atoms with Crippen molar-refractivity contribution in [2.45, 2.75) is 25.6 Å². The number of amides is 1. The zero-order valence-electron chi connectivity index (χ0n) is 12.3. The number of nitrogens with zero attached hydrogens (tertiary/aromatic N) is 1. The maximum Gasteiger partial charge on any atom is 0.255 e. The van der Waals surface area contributed by atoms with E-state index in [-0.39, 0.29) is 5.91 Å². The number of likely N-dealkylation sites (tertiary alicyclic amines) is 1.